The number of hydrogen-bond donors (Lipinski definition) is 1. The molecule has 0 atom stereocenters. The van der Waals surface area contributed by atoms with E-state index in [0.29, 0.717) is 12.0 Å². The predicted octanol–water partition coefficient (Wildman–Crippen LogP) is 10.5. The summed E-state index contributed by atoms with van der Waals surface area (Å²) in [5.74, 6) is -0.944. The summed E-state index contributed by atoms with van der Waals surface area (Å²) in [6, 6.07) is 28.5. The Hall–Kier alpha value is -3.86. The molecule has 0 bridgehead atoms. The summed E-state index contributed by atoms with van der Waals surface area (Å²) in [6.45, 7) is 0. The van der Waals surface area contributed by atoms with E-state index in [2.05, 4.69) is 54.6 Å². The summed E-state index contributed by atoms with van der Waals surface area (Å²) in [4.78, 5) is 12.3. The standard InChI is InChI=1S/C36H35F3O2/c37-36(38,39)23-9-5-3-1-2-4-6-12-25-19-21-26(22-20-25)34-31(17-11-18-32(34)35(40)41)30-16-10-15-29-28-14-8-7-13-27(28)24-33(29)30/h7-8,10-11,13-22H,1-6,9,12,23-24H2,(H,40,41). The Bertz CT molecular complexity index is 1500. The first-order valence-electron chi connectivity index (χ1n) is 14.5. The Balaban J connectivity index is 1.28. The van der Waals surface area contributed by atoms with Gasteiger partial charge in [0.1, 0.15) is 0 Å². The van der Waals surface area contributed by atoms with Gasteiger partial charge in [0.25, 0.3) is 0 Å². The summed E-state index contributed by atoms with van der Waals surface area (Å²) < 4.78 is 36.7. The molecule has 0 fully saturated rings. The minimum atomic E-state index is -4.04. The summed E-state index contributed by atoms with van der Waals surface area (Å²) in [7, 11) is 0. The van der Waals surface area contributed by atoms with Gasteiger partial charge in [0.05, 0.1) is 5.56 Å². The average Bonchev–Trinajstić information content (AvgIpc) is 3.35. The fourth-order valence-electron chi connectivity index (χ4n) is 6.05. The summed E-state index contributed by atoms with van der Waals surface area (Å²) in [5, 5.41) is 10.1. The molecule has 0 saturated heterocycles. The number of benzene rings is 4. The number of aryl methyl sites for hydroxylation is 1. The largest absolute Gasteiger partial charge is 0.478 e. The first-order chi connectivity index (χ1) is 19.8. The van der Waals surface area contributed by atoms with Gasteiger partial charge < -0.3 is 5.11 Å². The number of unbranched alkanes of at least 4 members (excludes halogenated alkanes) is 6. The number of carboxylic acid groups (broad SMARTS) is 1. The molecular formula is C36H35F3O2. The van der Waals surface area contributed by atoms with Gasteiger partial charge in [-0.15, -0.1) is 0 Å². The molecule has 0 aliphatic heterocycles. The van der Waals surface area contributed by atoms with Crippen LogP contribution >= 0.6 is 0 Å². The maximum atomic E-state index is 12.3. The van der Waals surface area contributed by atoms with Crippen molar-refractivity contribution in [2.24, 2.45) is 0 Å². The Kier molecular flexibility index (Phi) is 8.92. The highest BCUT2D eigenvalue weighted by Crippen LogP contribution is 2.44. The van der Waals surface area contributed by atoms with Crippen LogP contribution in [0.3, 0.4) is 0 Å². The molecule has 4 aromatic carbocycles. The van der Waals surface area contributed by atoms with Crippen LogP contribution < -0.4 is 0 Å². The number of aromatic carboxylic acids is 1. The van der Waals surface area contributed by atoms with Crippen LogP contribution in [0.15, 0.2) is 84.9 Å². The van der Waals surface area contributed by atoms with Gasteiger partial charge >= 0.3 is 12.1 Å². The quantitative estimate of drug-likeness (QED) is 0.155. The number of halogens is 3. The van der Waals surface area contributed by atoms with Crippen LogP contribution in [0.2, 0.25) is 0 Å². The van der Waals surface area contributed by atoms with Crippen LogP contribution in [0.1, 0.15) is 78.4 Å². The van der Waals surface area contributed by atoms with Crippen molar-refractivity contribution in [3.05, 3.63) is 107 Å². The lowest BCUT2D eigenvalue weighted by atomic mass is 9.87. The monoisotopic (exact) mass is 556 g/mol. The molecule has 1 aliphatic rings. The molecule has 0 spiro atoms. The average molecular weight is 557 g/mol. The minimum Gasteiger partial charge on any atom is -0.478 e. The lowest BCUT2D eigenvalue weighted by Crippen LogP contribution is -2.06. The normalized spacial score (nSPS) is 12.3. The van der Waals surface area contributed by atoms with Crippen LogP contribution in [0.5, 0.6) is 0 Å². The van der Waals surface area contributed by atoms with Gasteiger partial charge in [0.15, 0.2) is 0 Å². The Morgan fingerprint density at radius 3 is 1.95 bits per heavy atom. The third-order valence-corrected chi connectivity index (χ3v) is 8.10. The van der Waals surface area contributed by atoms with Gasteiger partial charge in [0.2, 0.25) is 0 Å². The van der Waals surface area contributed by atoms with E-state index in [1.807, 2.05) is 24.3 Å². The van der Waals surface area contributed by atoms with Crippen molar-refractivity contribution in [3.63, 3.8) is 0 Å². The van der Waals surface area contributed by atoms with Gasteiger partial charge in [-0.05, 0) is 76.3 Å². The number of hydrogen-bond acceptors (Lipinski definition) is 1. The van der Waals surface area contributed by atoms with E-state index in [-0.39, 0.29) is 6.42 Å². The molecular weight excluding hydrogens is 521 g/mol. The van der Waals surface area contributed by atoms with E-state index in [9.17, 15) is 23.1 Å². The van der Waals surface area contributed by atoms with Crippen LogP contribution in [0, 0.1) is 0 Å². The van der Waals surface area contributed by atoms with E-state index in [0.717, 1.165) is 67.2 Å². The van der Waals surface area contributed by atoms with Crippen LogP contribution in [-0.2, 0) is 12.8 Å². The Morgan fingerprint density at radius 1 is 0.659 bits per heavy atom. The SMILES string of the molecule is O=C(O)c1cccc(-c2cccc3c2Cc2ccccc2-3)c1-c1ccc(CCCCCCCCCC(F)(F)F)cc1. The lowest BCUT2D eigenvalue weighted by Gasteiger charge is -2.17. The van der Waals surface area contributed by atoms with E-state index in [4.69, 9.17) is 0 Å². The van der Waals surface area contributed by atoms with Crippen LogP contribution in [0.4, 0.5) is 13.2 Å². The second kappa shape index (κ2) is 12.8. The first-order valence-corrected chi connectivity index (χ1v) is 14.5. The molecule has 0 radical (unpaired) electrons. The molecule has 4 aromatic rings. The highest BCUT2D eigenvalue weighted by atomic mass is 19.4. The van der Waals surface area contributed by atoms with Crippen molar-refractivity contribution in [2.45, 2.75) is 70.4 Å². The lowest BCUT2D eigenvalue weighted by molar-refractivity contribution is -0.135. The van der Waals surface area contributed by atoms with Gasteiger partial charge in [-0.2, -0.15) is 13.2 Å². The summed E-state index contributed by atoms with van der Waals surface area (Å²) in [5.41, 5.74) is 10.1. The highest BCUT2D eigenvalue weighted by Gasteiger charge is 2.26. The summed E-state index contributed by atoms with van der Waals surface area (Å²) in [6.07, 6.45) is 2.82. The predicted molar refractivity (Wildman–Crippen MR) is 159 cm³/mol. The molecule has 41 heavy (non-hydrogen) atoms. The van der Waals surface area contributed by atoms with Gasteiger partial charge in [-0.1, -0.05) is 111 Å². The Morgan fingerprint density at radius 2 is 1.24 bits per heavy atom. The maximum absolute atomic E-state index is 12.3. The second-order valence-corrected chi connectivity index (χ2v) is 11.0. The van der Waals surface area contributed by atoms with Crippen molar-refractivity contribution in [3.8, 4) is 33.4 Å². The fourth-order valence-corrected chi connectivity index (χ4v) is 6.05. The Labute approximate surface area is 239 Å². The fraction of sp³-hybridized carbons (Fsp3) is 0.306. The molecule has 5 rings (SSSR count). The van der Waals surface area contributed by atoms with Crippen molar-refractivity contribution in [2.75, 3.05) is 0 Å². The molecule has 0 unspecified atom stereocenters. The third-order valence-electron chi connectivity index (χ3n) is 8.10. The molecule has 0 amide bonds. The van der Waals surface area contributed by atoms with Crippen molar-refractivity contribution in [1.82, 2.24) is 0 Å². The topological polar surface area (TPSA) is 37.3 Å². The molecule has 5 heteroatoms. The van der Waals surface area contributed by atoms with E-state index in [1.54, 1.807) is 6.07 Å². The smallest absolute Gasteiger partial charge is 0.389 e. The summed E-state index contributed by atoms with van der Waals surface area (Å²) >= 11 is 0. The zero-order valence-electron chi connectivity index (χ0n) is 23.1. The van der Waals surface area contributed by atoms with Crippen LogP contribution in [0.25, 0.3) is 33.4 Å². The number of alkyl halides is 3. The first kappa shape index (κ1) is 28.7. The molecule has 1 N–H and O–H groups in total. The van der Waals surface area contributed by atoms with Gasteiger partial charge in [0, 0.05) is 12.0 Å². The zero-order valence-corrected chi connectivity index (χ0v) is 23.1. The number of rotatable bonds is 12. The van der Waals surface area contributed by atoms with Crippen LogP contribution in [-0.4, -0.2) is 17.3 Å². The van der Waals surface area contributed by atoms with Gasteiger partial charge in [-0.25, -0.2) is 4.79 Å². The van der Waals surface area contributed by atoms with Crippen molar-refractivity contribution < 1.29 is 23.1 Å². The number of carbonyl (C=O) groups is 1. The van der Waals surface area contributed by atoms with E-state index >= 15 is 0 Å². The minimum absolute atomic E-state index is 0.225. The molecule has 0 heterocycles. The molecule has 2 nitrogen and oxygen atoms in total. The third kappa shape index (κ3) is 6.90. The maximum Gasteiger partial charge on any atom is 0.389 e. The van der Waals surface area contributed by atoms with Crippen molar-refractivity contribution >= 4 is 5.97 Å². The molecule has 0 saturated carbocycles. The van der Waals surface area contributed by atoms with Gasteiger partial charge in [-0.3, -0.25) is 0 Å². The zero-order chi connectivity index (χ0) is 28.8. The van der Waals surface area contributed by atoms with E-state index < -0.39 is 18.6 Å². The second-order valence-electron chi connectivity index (χ2n) is 11.0. The number of carboxylic acids is 1. The molecule has 0 aromatic heterocycles. The van der Waals surface area contributed by atoms with E-state index in [1.165, 1.54) is 27.8 Å². The van der Waals surface area contributed by atoms with Crippen molar-refractivity contribution in [1.29, 1.82) is 0 Å². The number of fused-ring (bicyclic) bond motifs is 3. The molecule has 1 aliphatic carbocycles. The highest BCUT2D eigenvalue weighted by molar-refractivity contribution is 6.02. The molecule has 212 valence electrons.